The van der Waals surface area contributed by atoms with Gasteiger partial charge < -0.3 is 16.0 Å². The third kappa shape index (κ3) is 7.38. The molecule has 202 valence electrons. The van der Waals surface area contributed by atoms with Crippen molar-refractivity contribution in [2.75, 3.05) is 51.3 Å². The van der Waals surface area contributed by atoms with Crippen molar-refractivity contribution in [3.05, 3.63) is 54.0 Å². The van der Waals surface area contributed by atoms with Crippen molar-refractivity contribution < 1.29 is 19.2 Å². The molecule has 0 spiro atoms. The summed E-state index contributed by atoms with van der Waals surface area (Å²) in [7, 11) is 3.51. The van der Waals surface area contributed by atoms with Crippen molar-refractivity contribution in [2.45, 2.75) is 44.9 Å². The van der Waals surface area contributed by atoms with Gasteiger partial charge in [0.15, 0.2) is 5.52 Å². The van der Waals surface area contributed by atoms with Crippen LogP contribution < -0.4 is 20.6 Å². The summed E-state index contributed by atoms with van der Waals surface area (Å²) in [6.07, 6.45) is 7.24. The van der Waals surface area contributed by atoms with Crippen molar-refractivity contribution in [3.8, 4) is 0 Å². The highest BCUT2D eigenvalue weighted by molar-refractivity contribution is 5.86. The summed E-state index contributed by atoms with van der Waals surface area (Å²) >= 11 is 0. The van der Waals surface area contributed by atoms with E-state index in [1.807, 2.05) is 24.3 Å². The molecule has 3 N–H and O–H groups in total. The van der Waals surface area contributed by atoms with Crippen molar-refractivity contribution >= 4 is 34.4 Å². The van der Waals surface area contributed by atoms with Crippen LogP contribution in [0.25, 0.3) is 10.9 Å². The van der Waals surface area contributed by atoms with Gasteiger partial charge in [-0.05, 0) is 80.1 Å². The number of carbonyl (C=O) groups is 2. The molecule has 10 nitrogen and oxygen atoms in total. The highest BCUT2D eigenvalue weighted by atomic mass is 16.7. The van der Waals surface area contributed by atoms with Crippen LogP contribution in [0.1, 0.15) is 43.4 Å². The second-order valence-corrected chi connectivity index (χ2v) is 9.90. The minimum Gasteiger partial charge on any atom is -0.370 e. The van der Waals surface area contributed by atoms with Gasteiger partial charge in [0.05, 0.1) is 18.4 Å². The summed E-state index contributed by atoms with van der Waals surface area (Å²) in [6.45, 7) is 2.69. The molecule has 0 saturated heterocycles. The van der Waals surface area contributed by atoms with E-state index in [9.17, 15) is 9.59 Å². The number of amides is 1. The Balaban J connectivity index is 1.24. The fourth-order valence-corrected chi connectivity index (χ4v) is 4.53. The second kappa shape index (κ2) is 13.1. The molecule has 0 aliphatic carbocycles. The number of fused-ring (bicyclic) bond motifs is 2. The van der Waals surface area contributed by atoms with E-state index in [2.05, 4.69) is 27.3 Å². The highest BCUT2D eigenvalue weighted by Gasteiger charge is 2.17. The number of benzene rings is 1. The van der Waals surface area contributed by atoms with Crippen LogP contribution in [0.5, 0.6) is 0 Å². The van der Waals surface area contributed by atoms with Crippen LogP contribution in [0.4, 0.5) is 11.6 Å². The Hall–Kier alpha value is -3.79. The number of anilines is 2. The number of carbonyl (C=O) groups excluding carboxylic acids is 2. The third-order valence-corrected chi connectivity index (χ3v) is 6.74. The first-order valence-corrected chi connectivity index (χ1v) is 13.3. The molecule has 0 bridgehead atoms. The average molecular weight is 521 g/mol. The molecule has 4 rings (SSSR count). The fraction of sp³-hybridized carbons (Fsp3) is 0.464. The molecular formula is C28H38N7O3+. The van der Waals surface area contributed by atoms with Gasteiger partial charge in [0.1, 0.15) is 5.82 Å². The molecule has 1 aromatic carbocycles. The molecule has 2 aromatic heterocycles. The molecule has 0 atom stereocenters. The summed E-state index contributed by atoms with van der Waals surface area (Å²) in [6, 6.07) is 11.7. The minimum atomic E-state index is -0.398. The van der Waals surface area contributed by atoms with E-state index in [1.54, 1.807) is 19.0 Å². The molecule has 1 aliphatic heterocycles. The Labute approximate surface area is 223 Å². The van der Waals surface area contributed by atoms with E-state index in [-0.39, 0.29) is 12.3 Å². The van der Waals surface area contributed by atoms with E-state index >= 15 is 0 Å². The highest BCUT2D eigenvalue weighted by Crippen LogP contribution is 2.20. The predicted octanol–water partition coefficient (Wildman–Crippen LogP) is 2.01. The number of nitrogens with zero attached hydrogens (tertiary/aromatic N) is 5. The molecular weight excluding hydrogens is 482 g/mol. The van der Waals surface area contributed by atoms with Gasteiger partial charge in [-0.1, -0.05) is 18.2 Å². The monoisotopic (exact) mass is 520 g/mol. The molecule has 0 fully saturated rings. The number of aromatic nitrogens is 3. The Morgan fingerprint density at radius 1 is 1.11 bits per heavy atom. The maximum Gasteiger partial charge on any atom is 0.350 e. The number of aryl methyl sites for hydroxylation is 2. The number of hydrogen-bond donors (Lipinski definition) is 2. The van der Waals surface area contributed by atoms with E-state index in [4.69, 9.17) is 15.6 Å². The van der Waals surface area contributed by atoms with E-state index in [0.29, 0.717) is 25.3 Å². The number of hydrogen-bond acceptors (Lipinski definition) is 8. The van der Waals surface area contributed by atoms with Crippen molar-refractivity contribution in [1.82, 2.24) is 19.8 Å². The quantitative estimate of drug-likeness (QED) is 0.275. The number of para-hydroxylation sites is 1. The molecule has 0 radical (unpaired) electrons. The van der Waals surface area contributed by atoms with Gasteiger partial charge in [-0.15, -0.1) is 4.98 Å². The second-order valence-electron chi connectivity index (χ2n) is 9.90. The summed E-state index contributed by atoms with van der Waals surface area (Å²) < 4.78 is 1.21. The first kappa shape index (κ1) is 27.3. The van der Waals surface area contributed by atoms with Crippen LogP contribution in [0, 0.1) is 0 Å². The number of pyridine rings is 1. The lowest BCUT2D eigenvalue weighted by molar-refractivity contribution is -0.859. The van der Waals surface area contributed by atoms with Gasteiger partial charge in [0.25, 0.3) is 12.1 Å². The maximum atomic E-state index is 12.5. The first-order valence-electron chi connectivity index (χ1n) is 13.3. The molecule has 3 heterocycles. The number of rotatable bonds is 12. The average Bonchev–Trinajstić information content (AvgIpc) is 2.92. The number of nitrogens with two attached hydrogens (primary N) is 1. The largest absolute Gasteiger partial charge is 0.370 e. The lowest BCUT2D eigenvalue weighted by Crippen LogP contribution is -2.48. The topological polar surface area (TPSA) is 118 Å². The number of unbranched alkanes of at least 4 members (excludes halogenated alkanes) is 1. The van der Waals surface area contributed by atoms with Gasteiger partial charge in [0, 0.05) is 26.3 Å². The lowest BCUT2D eigenvalue weighted by Gasteiger charge is -2.23. The first-order chi connectivity index (χ1) is 18.4. The van der Waals surface area contributed by atoms with Gasteiger partial charge in [-0.3, -0.25) is 14.5 Å². The van der Waals surface area contributed by atoms with Crippen LogP contribution in [-0.2, 0) is 22.4 Å². The Morgan fingerprint density at radius 2 is 1.92 bits per heavy atom. The van der Waals surface area contributed by atoms with Gasteiger partial charge in [-0.2, -0.15) is 0 Å². The lowest BCUT2D eigenvalue weighted by atomic mass is 10.1. The molecule has 38 heavy (non-hydrogen) atoms. The Kier molecular flexibility index (Phi) is 9.42. The minimum absolute atomic E-state index is 0.0422. The molecule has 0 saturated carbocycles. The zero-order valence-electron chi connectivity index (χ0n) is 22.4. The molecule has 1 amide bonds. The standard InChI is InChI=1S/C28H37N7O3/c1-33(2)25(36)19-34(17-6-5-10-22-15-14-21-9-7-16-30-28(21)32-22)18-8-13-26(37)38-35-20-31-24-12-4-3-11-23(24)27(35)29/h3-4,11-12,14-15,20,29H,5-10,13,16-19H2,1-2H3,(H,30,32)/p+1. The number of nitrogen functional groups attached to an aromatic ring is 1. The smallest absolute Gasteiger partial charge is 0.350 e. The van der Waals surface area contributed by atoms with Crippen molar-refractivity contribution in [1.29, 1.82) is 0 Å². The molecule has 10 heteroatoms. The van der Waals surface area contributed by atoms with Gasteiger partial charge in [-0.25, -0.2) is 9.78 Å². The summed E-state index contributed by atoms with van der Waals surface area (Å²) in [5.41, 5.74) is 9.28. The fourth-order valence-electron chi connectivity index (χ4n) is 4.53. The normalized spacial score (nSPS) is 12.7. The Morgan fingerprint density at radius 3 is 2.76 bits per heavy atom. The number of likely N-dealkylation sites (N-methyl/N-ethyl adjacent to an activating group) is 1. The van der Waals surface area contributed by atoms with Crippen LogP contribution in [0.2, 0.25) is 0 Å². The molecule has 1 aliphatic rings. The zero-order chi connectivity index (χ0) is 26.9. The molecule has 3 aromatic rings. The van der Waals surface area contributed by atoms with Crippen molar-refractivity contribution in [3.63, 3.8) is 0 Å². The Bertz CT molecular complexity index is 1260. The van der Waals surface area contributed by atoms with Gasteiger partial charge >= 0.3 is 5.97 Å². The van der Waals surface area contributed by atoms with Crippen LogP contribution in [0.15, 0.2) is 42.7 Å². The van der Waals surface area contributed by atoms with E-state index < -0.39 is 5.97 Å². The maximum absolute atomic E-state index is 12.5. The third-order valence-electron chi connectivity index (χ3n) is 6.74. The summed E-state index contributed by atoms with van der Waals surface area (Å²) in [4.78, 5) is 43.1. The van der Waals surface area contributed by atoms with Crippen LogP contribution in [-0.4, -0.2) is 71.9 Å². The van der Waals surface area contributed by atoms with Crippen LogP contribution >= 0.6 is 0 Å². The number of nitrogens with one attached hydrogen (secondary N) is 1. The van der Waals surface area contributed by atoms with E-state index in [1.165, 1.54) is 16.6 Å². The SMILES string of the molecule is CN(C)C(=O)CN(CCCCc1ccc2c(n1)NCCC2)CCCC(=O)O[n+]1cnc2ccccc2c1N. The molecule has 0 unspecified atom stereocenters. The van der Waals surface area contributed by atoms with Crippen LogP contribution in [0.3, 0.4) is 0 Å². The predicted molar refractivity (Wildman–Crippen MR) is 146 cm³/mol. The summed E-state index contributed by atoms with van der Waals surface area (Å²) in [5, 5.41) is 4.11. The van der Waals surface area contributed by atoms with E-state index in [0.717, 1.165) is 67.6 Å². The summed E-state index contributed by atoms with van der Waals surface area (Å²) in [5.74, 6) is 0.995. The van der Waals surface area contributed by atoms with Gasteiger partial charge in [0.2, 0.25) is 5.91 Å². The van der Waals surface area contributed by atoms with Crippen molar-refractivity contribution in [2.24, 2.45) is 0 Å². The zero-order valence-corrected chi connectivity index (χ0v) is 22.4.